The molecule has 1 aromatic rings. The predicted octanol–water partition coefficient (Wildman–Crippen LogP) is 2.86. The number of hydrazine groups is 1. The van der Waals surface area contributed by atoms with Crippen LogP contribution in [0.5, 0.6) is 0 Å². The zero-order chi connectivity index (χ0) is 12.1. The Bertz CT molecular complexity index is 345. The van der Waals surface area contributed by atoms with Crippen molar-refractivity contribution in [3.8, 4) is 0 Å². The highest BCUT2D eigenvalue weighted by atomic mass is 15.2. The van der Waals surface area contributed by atoms with Crippen LogP contribution in [0, 0.1) is 12.8 Å². The maximum atomic E-state index is 5.68. The average Bonchev–Trinajstić information content (AvgIpc) is 2.37. The smallest absolute Gasteiger partial charge is 0.0634 e. The van der Waals surface area contributed by atoms with Gasteiger partial charge in [-0.3, -0.25) is 16.3 Å². The lowest BCUT2D eigenvalue weighted by Crippen LogP contribution is -2.30. The van der Waals surface area contributed by atoms with Gasteiger partial charge in [0, 0.05) is 6.20 Å². The average molecular weight is 233 g/mol. The third-order valence-corrected chi connectivity index (χ3v) is 3.79. The van der Waals surface area contributed by atoms with Crippen molar-refractivity contribution >= 4 is 0 Å². The van der Waals surface area contributed by atoms with Crippen LogP contribution < -0.4 is 11.3 Å². The van der Waals surface area contributed by atoms with Gasteiger partial charge in [0.25, 0.3) is 0 Å². The summed E-state index contributed by atoms with van der Waals surface area (Å²) in [5.41, 5.74) is 5.26. The molecule has 0 aromatic carbocycles. The van der Waals surface area contributed by atoms with E-state index in [1.165, 1.54) is 37.7 Å². The number of aromatic nitrogens is 1. The summed E-state index contributed by atoms with van der Waals surface area (Å²) in [6.07, 6.45) is 9.85. The van der Waals surface area contributed by atoms with Gasteiger partial charge in [0.2, 0.25) is 0 Å². The third-order valence-electron chi connectivity index (χ3n) is 3.79. The molecule has 1 unspecified atom stereocenters. The van der Waals surface area contributed by atoms with Crippen LogP contribution in [-0.2, 0) is 0 Å². The number of nitrogens with two attached hydrogens (primary N) is 1. The Kier molecular flexibility index (Phi) is 4.51. The summed E-state index contributed by atoms with van der Waals surface area (Å²) < 4.78 is 0. The molecule has 0 bridgehead atoms. The molecular weight excluding hydrogens is 210 g/mol. The van der Waals surface area contributed by atoms with E-state index in [1.807, 2.05) is 12.3 Å². The summed E-state index contributed by atoms with van der Waals surface area (Å²) in [5.74, 6) is 6.49. The molecule has 2 rings (SSSR count). The van der Waals surface area contributed by atoms with Gasteiger partial charge in [-0.05, 0) is 37.0 Å². The minimum Gasteiger partial charge on any atom is -0.271 e. The maximum Gasteiger partial charge on any atom is 0.0634 e. The van der Waals surface area contributed by atoms with E-state index in [0.717, 1.165) is 18.0 Å². The van der Waals surface area contributed by atoms with Crippen LogP contribution in [0.15, 0.2) is 18.3 Å². The molecule has 0 saturated heterocycles. The van der Waals surface area contributed by atoms with E-state index >= 15 is 0 Å². The van der Waals surface area contributed by atoms with Crippen LogP contribution in [0.3, 0.4) is 0 Å². The molecule has 1 aromatic heterocycles. The van der Waals surface area contributed by atoms with Gasteiger partial charge in [0.15, 0.2) is 0 Å². The number of nitrogens with one attached hydrogen (secondary N) is 1. The van der Waals surface area contributed by atoms with E-state index in [9.17, 15) is 0 Å². The summed E-state index contributed by atoms with van der Waals surface area (Å²) >= 11 is 0. The van der Waals surface area contributed by atoms with Gasteiger partial charge >= 0.3 is 0 Å². The van der Waals surface area contributed by atoms with Crippen molar-refractivity contribution in [1.82, 2.24) is 10.4 Å². The molecule has 1 atom stereocenters. The molecule has 3 nitrogen and oxygen atoms in total. The van der Waals surface area contributed by atoms with Crippen molar-refractivity contribution in [2.75, 3.05) is 0 Å². The fourth-order valence-corrected chi connectivity index (χ4v) is 2.78. The standard InChI is InChI=1S/C14H23N3/c1-11-7-8-16-13(9-11)14(17-15)10-12-5-3-2-4-6-12/h7-9,12,14,17H,2-6,10,15H2,1H3. The Hall–Kier alpha value is -0.930. The molecule has 3 N–H and O–H groups in total. The first-order valence-electron chi connectivity index (χ1n) is 6.68. The zero-order valence-corrected chi connectivity index (χ0v) is 10.7. The molecule has 94 valence electrons. The molecule has 0 spiro atoms. The Balaban J connectivity index is 2.00. The molecular formula is C14H23N3. The van der Waals surface area contributed by atoms with Gasteiger partial charge in [-0.2, -0.15) is 0 Å². The molecule has 1 heterocycles. The minimum absolute atomic E-state index is 0.206. The molecule has 3 heteroatoms. The second-order valence-corrected chi connectivity index (χ2v) is 5.22. The quantitative estimate of drug-likeness (QED) is 0.621. The number of nitrogens with zero attached hydrogens (tertiary/aromatic N) is 1. The topological polar surface area (TPSA) is 50.9 Å². The summed E-state index contributed by atoms with van der Waals surface area (Å²) in [6.45, 7) is 2.10. The van der Waals surface area contributed by atoms with Crippen molar-refractivity contribution in [3.63, 3.8) is 0 Å². The largest absolute Gasteiger partial charge is 0.271 e. The predicted molar refractivity (Wildman–Crippen MR) is 70.2 cm³/mol. The van der Waals surface area contributed by atoms with Crippen molar-refractivity contribution in [2.24, 2.45) is 11.8 Å². The van der Waals surface area contributed by atoms with Crippen molar-refractivity contribution in [3.05, 3.63) is 29.6 Å². The van der Waals surface area contributed by atoms with Gasteiger partial charge < -0.3 is 0 Å². The van der Waals surface area contributed by atoms with Crippen molar-refractivity contribution in [2.45, 2.75) is 51.5 Å². The highest BCUT2D eigenvalue weighted by Crippen LogP contribution is 2.31. The second kappa shape index (κ2) is 6.12. The van der Waals surface area contributed by atoms with Gasteiger partial charge in [0.1, 0.15) is 0 Å². The molecule has 1 aliphatic carbocycles. The van der Waals surface area contributed by atoms with Crippen LogP contribution in [0.25, 0.3) is 0 Å². The fourth-order valence-electron chi connectivity index (χ4n) is 2.78. The van der Waals surface area contributed by atoms with Crippen LogP contribution in [0.2, 0.25) is 0 Å². The number of hydrogen-bond acceptors (Lipinski definition) is 3. The van der Waals surface area contributed by atoms with Gasteiger partial charge in [-0.15, -0.1) is 0 Å². The van der Waals surface area contributed by atoms with Gasteiger partial charge in [-0.1, -0.05) is 32.1 Å². The Morgan fingerprint density at radius 3 is 2.82 bits per heavy atom. The maximum absolute atomic E-state index is 5.68. The third kappa shape index (κ3) is 3.51. The summed E-state index contributed by atoms with van der Waals surface area (Å²) in [4.78, 5) is 4.43. The van der Waals surface area contributed by atoms with Crippen LogP contribution >= 0.6 is 0 Å². The number of hydrogen-bond donors (Lipinski definition) is 2. The summed E-state index contributed by atoms with van der Waals surface area (Å²) in [5, 5.41) is 0. The summed E-state index contributed by atoms with van der Waals surface area (Å²) in [7, 11) is 0. The van der Waals surface area contributed by atoms with E-state index in [4.69, 9.17) is 5.84 Å². The molecule has 0 amide bonds. The lowest BCUT2D eigenvalue weighted by atomic mass is 9.84. The van der Waals surface area contributed by atoms with E-state index in [1.54, 1.807) is 0 Å². The molecule has 0 aliphatic heterocycles. The molecule has 1 saturated carbocycles. The van der Waals surface area contributed by atoms with Crippen molar-refractivity contribution in [1.29, 1.82) is 0 Å². The van der Waals surface area contributed by atoms with Crippen LogP contribution in [-0.4, -0.2) is 4.98 Å². The molecule has 17 heavy (non-hydrogen) atoms. The van der Waals surface area contributed by atoms with Crippen molar-refractivity contribution < 1.29 is 0 Å². The highest BCUT2D eigenvalue weighted by molar-refractivity contribution is 5.17. The normalized spacial score (nSPS) is 19.2. The van der Waals surface area contributed by atoms with E-state index < -0.39 is 0 Å². The zero-order valence-electron chi connectivity index (χ0n) is 10.7. The molecule has 1 fully saturated rings. The Morgan fingerprint density at radius 2 is 2.18 bits per heavy atom. The second-order valence-electron chi connectivity index (χ2n) is 5.22. The highest BCUT2D eigenvalue weighted by Gasteiger charge is 2.20. The fraction of sp³-hybridized carbons (Fsp3) is 0.643. The van der Waals surface area contributed by atoms with E-state index in [0.29, 0.717) is 0 Å². The van der Waals surface area contributed by atoms with Crippen LogP contribution in [0.4, 0.5) is 0 Å². The first-order valence-corrected chi connectivity index (χ1v) is 6.68. The SMILES string of the molecule is Cc1ccnc(C(CC2CCCCC2)NN)c1. The first kappa shape index (κ1) is 12.5. The van der Waals surface area contributed by atoms with E-state index in [-0.39, 0.29) is 6.04 Å². The first-order chi connectivity index (χ1) is 8.29. The van der Waals surface area contributed by atoms with Gasteiger partial charge in [0.05, 0.1) is 11.7 Å². The number of aryl methyl sites for hydroxylation is 1. The number of rotatable bonds is 4. The lowest BCUT2D eigenvalue weighted by molar-refractivity contribution is 0.298. The summed E-state index contributed by atoms with van der Waals surface area (Å²) in [6, 6.07) is 4.36. The van der Waals surface area contributed by atoms with Gasteiger partial charge in [-0.25, -0.2) is 0 Å². The van der Waals surface area contributed by atoms with E-state index in [2.05, 4.69) is 23.4 Å². The minimum atomic E-state index is 0.206. The molecule has 1 aliphatic rings. The molecule has 0 radical (unpaired) electrons. The lowest BCUT2D eigenvalue weighted by Gasteiger charge is -2.26. The number of pyridine rings is 1. The Labute approximate surface area is 104 Å². The van der Waals surface area contributed by atoms with Crippen LogP contribution in [0.1, 0.15) is 55.8 Å². The Morgan fingerprint density at radius 1 is 1.41 bits per heavy atom. The monoisotopic (exact) mass is 233 g/mol.